The molecule has 6 nitrogen and oxygen atoms in total. The molecule has 25 heavy (non-hydrogen) atoms. The molecule has 128 valence electrons. The van der Waals surface area contributed by atoms with Gasteiger partial charge in [-0.3, -0.25) is 0 Å². The smallest absolute Gasteiger partial charge is 0.356 e. The van der Waals surface area contributed by atoms with Crippen LogP contribution in [0.1, 0.15) is 10.5 Å². The van der Waals surface area contributed by atoms with Gasteiger partial charge in [0.15, 0.2) is 5.69 Å². The van der Waals surface area contributed by atoms with E-state index in [1.807, 2.05) is 36.4 Å². The van der Waals surface area contributed by atoms with E-state index < -0.39 is 5.97 Å². The monoisotopic (exact) mass is 338 g/mol. The summed E-state index contributed by atoms with van der Waals surface area (Å²) in [4.78, 5) is 16.4. The standard InChI is InChI=1S/C19H18N2O4/c1-23-13-9-7-12(8-10-13)20-15-11-16(19(22)25-3)21-18-14(15)5-4-6-17(18)24-2/h4-11H,1-3H3,(H,20,21). The number of nitrogens with one attached hydrogen (secondary N) is 1. The molecule has 0 fully saturated rings. The third-order valence-electron chi connectivity index (χ3n) is 3.79. The fraction of sp³-hybridized carbons (Fsp3) is 0.158. The van der Waals surface area contributed by atoms with E-state index in [9.17, 15) is 4.79 Å². The highest BCUT2D eigenvalue weighted by Crippen LogP contribution is 2.32. The van der Waals surface area contributed by atoms with Gasteiger partial charge >= 0.3 is 5.97 Å². The van der Waals surface area contributed by atoms with Gasteiger partial charge in [-0.15, -0.1) is 0 Å². The zero-order chi connectivity index (χ0) is 17.8. The number of fused-ring (bicyclic) bond motifs is 1. The maximum Gasteiger partial charge on any atom is 0.356 e. The lowest BCUT2D eigenvalue weighted by molar-refractivity contribution is 0.0594. The summed E-state index contributed by atoms with van der Waals surface area (Å²) in [5.74, 6) is 0.841. The minimum absolute atomic E-state index is 0.204. The second kappa shape index (κ2) is 7.09. The van der Waals surface area contributed by atoms with Crippen LogP contribution >= 0.6 is 0 Å². The van der Waals surface area contributed by atoms with Crippen LogP contribution in [-0.4, -0.2) is 32.3 Å². The Hall–Kier alpha value is -3.28. The molecular formula is C19H18N2O4. The number of esters is 1. The molecule has 0 amide bonds. The lowest BCUT2D eigenvalue weighted by atomic mass is 10.1. The molecule has 1 N–H and O–H groups in total. The van der Waals surface area contributed by atoms with Crippen LogP contribution in [0.5, 0.6) is 11.5 Å². The molecule has 0 atom stereocenters. The van der Waals surface area contributed by atoms with Crippen molar-refractivity contribution in [2.75, 3.05) is 26.6 Å². The van der Waals surface area contributed by atoms with Crippen LogP contribution in [0.15, 0.2) is 48.5 Å². The Kier molecular flexibility index (Phi) is 4.70. The van der Waals surface area contributed by atoms with Gasteiger partial charge in [-0.2, -0.15) is 0 Å². The number of para-hydroxylation sites is 1. The average molecular weight is 338 g/mol. The highest BCUT2D eigenvalue weighted by molar-refractivity contribution is 6.00. The lowest BCUT2D eigenvalue weighted by Crippen LogP contribution is -2.06. The molecule has 0 saturated carbocycles. The molecular weight excluding hydrogens is 320 g/mol. The minimum Gasteiger partial charge on any atom is -0.497 e. The Morgan fingerprint density at radius 2 is 1.76 bits per heavy atom. The molecule has 0 aliphatic carbocycles. The first-order valence-corrected chi connectivity index (χ1v) is 7.63. The summed E-state index contributed by atoms with van der Waals surface area (Å²) in [5, 5.41) is 4.15. The largest absolute Gasteiger partial charge is 0.497 e. The van der Waals surface area contributed by atoms with Gasteiger partial charge in [-0.25, -0.2) is 9.78 Å². The number of nitrogens with zero attached hydrogens (tertiary/aromatic N) is 1. The van der Waals surface area contributed by atoms with Gasteiger partial charge in [0.2, 0.25) is 0 Å². The summed E-state index contributed by atoms with van der Waals surface area (Å²) in [6.45, 7) is 0. The number of methoxy groups -OCH3 is 3. The van der Waals surface area contributed by atoms with Crippen molar-refractivity contribution in [1.82, 2.24) is 4.98 Å². The SMILES string of the molecule is COC(=O)c1cc(Nc2ccc(OC)cc2)c2cccc(OC)c2n1. The first kappa shape index (κ1) is 16.6. The number of benzene rings is 2. The quantitative estimate of drug-likeness (QED) is 0.714. The van der Waals surface area contributed by atoms with Crippen LogP contribution in [0.2, 0.25) is 0 Å². The average Bonchev–Trinajstić information content (AvgIpc) is 2.67. The molecule has 1 aromatic heterocycles. The number of rotatable bonds is 5. The molecule has 0 saturated heterocycles. The fourth-order valence-electron chi connectivity index (χ4n) is 2.53. The molecule has 0 radical (unpaired) electrons. The van der Waals surface area contributed by atoms with Crippen molar-refractivity contribution in [1.29, 1.82) is 0 Å². The molecule has 0 aliphatic heterocycles. The van der Waals surface area contributed by atoms with Crippen molar-refractivity contribution < 1.29 is 19.0 Å². The van der Waals surface area contributed by atoms with E-state index in [2.05, 4.69) is 10.3 Å². The van der Waals surface area contributed by atoms with Crippen LogP contribution in [0.25, 0.3) is 10.9 Å². The van der Waals surface area contributed by atoms with Crippen LogP contribution in [0.3, 0.4) is 0 Å². The molecule has 6 heteroatoms. The van der Waals surface area contributed by atoms with Crippen LogP contribution in [0.4, 0.5) is 11.4 Å². The van der Waals surface area contributed by atoms with E-state index in [-0.39, 0.29) is 5.69 Å². The third kappa shape index (κ3) is 3.33. The number of pyridine rings is 1. The van der Waals surface area contributed by atoms with Crippen molar-refractivity contribution in [2.24, 2.45) is 0 Å². The number of carbonyl (C=O) groups excluding carboxylic acids is 1. The van der Waals surface area contributed by atoms with E-state index in [0.717, 1.165) is 22.5 Å². The second-order valence-electron chi connectivity index (χ2n) is 5.26. The minimum atomic E-state index is -0.509. The van der Waals surface area contributed by atoms with E-state index in [0.29, 0.717) is 11.3 Å². The first-order valence-electron chi connectivity index (χ1n) is 7.63. The van der Waals surface area contributed by atoms with Gasteiger partial charge in [0, 0.05) is 11.1 Å². The van der Waals surface area contributed by atoms with Gasteiger partial charge in [0.05, 0.1) is 27.0 Å². The summed E-state index contributed by atoms with van der Waals surface area (Å²) in [5.41, 5.74) is 2.38. The lowest BCUT2D eigenvalue weighted by Gasteiger charge is -2.13. The number of ether oxygens (including phenoxy) is 3. The van der Waals surface area contributed by atoms with E-state index in [1.165, 1.54) is 7.11 Å². The van der Waals surface area contributed by atoms with Gasteiger partial charge in [-0.05, 0) is 36.4 Å². The number of hydrogen-bond donors (Lipinski definition) is 1. The summed E-state index contributed by atoms with van der Waals surface area (Å²) in [7, 11) is 4.51. The molecule has 0 spiro atoms. The maximum absolute atomic E-state index is 12.0. The molecule has 3 rings (SSSR count). The van der Waals surface area contributed by atoms with Crippen molar-refractivity contribution in [3.05, 3.63) is 54.2 Å². The highest BCUT2D eigenvalue weighted by Gasteiger charge is 2.15. The Morgan fingerprint density at radius 3 is 2.40 bits per heavy atom. The van der Waals surface area contributed by atoms with Crippen LogP contribution < -0.4 is 14.8 Å². The van der Waals surface area contributed by atoms with Crippen LogP contribution in [-0.2, 0) is 4.74 Å². The Morgan fingerprint density at radius 1 is 1.00 bits per heavy atom. The molecule has 0 unspecified atom stereocenters. The zero-order valence-corrected chi connectivity index (χ0v) is 14.2. The fourth-order valence-corrected chi connectivity index (χ4v) is 2.53. The van der Waals surface area contributed by atoms with Crippen molar-refractivity contribution in [3.63, 3.8) is 0 Å². The molecule has 0 bridgehead atoms. The number of hydrogen-bond acceptors (Lipinski definition) is 6. The third-order valence-corrected chi connectivity index (χ3v) is 3.79. The van der Waals surface area contributed by atoms with E-state index in [4.69, 9.17) is 14.2 Å². The van der Waals surface area contributed by atoms with E-state index >= 15 is 0 Å². The molecule has 0 aliphatic rings. The predicted molar refractivity (Wildman–Crippen MR) is 95.9 cm³/mol. The predicted octanol–water partition coefficient (Wildman–Crippen LogP) is 3.78. The maximum atomic E-state index is 12.0. The summed E-state index contributed by atoms with van der Waals surface area (Å²) < 4.78 is 15.3. The summed E-state index contributed by atoms with van der Waals surface area (Å²) in [6.07, 6.45) is 0. The summed E-state index contributed by atoms with van der Waals surface area (Å²) in [6, 6.07) is 14.7. The summed E-state index contributed by atoms with van der Waals surface area (Å²) >= 11 is 0. The van der Waals surface area contributed by atoms with Gasteiger partial charge in [-0.1, -0.05) is 12.1 Å². The second-order valence-corrected chi connectivity index (χ2v) is 5.26. The van der Waals surface area contributed by atoms with Crippen molar-refractivity contribution in [2.45, 2.75) is 0 Å². The highest BCUT2D eigenvalue weighted by atomic mass is 16.5. The first-order chi connectivity index (χ1) is 12.2. The molecule has 2 aromatic carbocycles. The Bertz CT molecular complexity index is 907. The normalized spacial score (nSPS) is 10.4. The number of carbonyl (C=O) groups is 1. The Labute approximate surface area is 145 Å². The molecule has 3 aromatic rings. The topological polar surface area (TPSA) is 69.7 Å². The van der Waals surface area contributed by atoms with Gasteiger partial charge in [0.25, 0.3) is 0 Å². The number of aromatic nitrogens is 1. The van der Waals surface area contributed by atoms with Gasteiger partial charge in [0.1, 0.15) is 17.0 Å². The van der Waals surface area contributed by atoms with Gasteiger partial charge < -0.3 is 19.5 Å². The van der Waals surface area contributed by atoms with Crippen molar-refractivity contribution in [3.8, 4) is 11.5 Å². The zero-order valence-electron chi connectivity index (χ0n) is 14.2. The van der Waals surface area contributed by atoms with E-state index in [1.54, 1.807) is 26.4 Å². The van der Waals surface area contributed by atoms with Crippen LogP contribution in [0, 0.1) is 0 Å². The Balaban J connectivity index is 2.12. The number of anilines is 2. The molecule has 1 heterocycles. The van der Waals surface area contributed by atoms with Crippen molar-refractivity contribution >= 4 is 28.2 Å².